The zero-order chi connectivity index (χ0) is 15.4. The second-order valence-electron chi connectivity index (χ2n) is 5.13. The number of unbranched alkanes of at least 4 members (excludes halogenated alkanes) is 1. The first-order valence-electron chi connectivity index (χ1n) is 7.41. The molecule has 0 saturated carbocycles. The summed E-state index contributed by atoms with van der Waals surface area (Å²) in [4.78, 5) is 26.8. The number of thioether (sulfide) groups is 1. The standard InChI is InChI=1S/C16H18N4OS/c1-2-3-6-11-9-15(21)20-16(17-11)22-10-14-18-12-7-4-5-8-13(12)19-14/h4-5,7-9H,2-3,6,10H2,1H3,(H,18,19)(H,17,20,21). The number of H-pyrrole nitrogens is 2. The summed E-state index contributed by atoms with van der Waals surface area (Å²) in [7, 11) is 0. The third-order valence-corrected chi connectivity index (χ3v) is 4.23. The molecule has 2 N–H and O–H groups in total. The highest BCUT2D eigenvalue weighted by Crippen LogP contribution is 2.19. The van der Waals surface area contributed by atoms with Crippen molar-refractivity contribution in [2.45, 2.75) is 37.1 Å². The molecular formula is C16H18N4OS. The largest absolute Gasteiger partial charge is 0.341 e. The fourth-order valence-corrected chi connectivity index (χ4v) is 3.01. The van der Waals surface area contributed by atoms with Crippen molar-refractivity contribution in [1.82, 2.24) is 19.9 Å². The Morgan fingerprint density at radius 1 is 1.18 bits per heavy atom. The maximum Gasteiger partial charge on any atom is 0.251 e. The summed E-state index contributed by atoms with van der Waals surface area (Å²) in [5.41, 5.74) is 2.75. The van der Waals surface area contributed by atoms with Crippen molar-refractivity contribution in [2.24, 2.45) is 0 Å². The first-order chi connectivity index (χ1) is 10.7. The van der Waals surface area contributed by atoms with E-state index in [4.69, 9.17) is 0 Å². The SMILES string of the molecule is CCCCc1cc(=O)[nH]c(SCc2nc3ccccc3[nH]2)n1. The summed E-state index contributed by atoms with van der Waals surface area (Å²) in [6.45, 7) is 2.13. The molecular weight excluding hydrogens is 296 g/mol. The quantitative estimate of drug-likeness (QED) is 0.541. The van der Waals surface area contributed by atoms with Crippen LogP contribution >= 0.6 is 11.8 Å². The second kappa shape index (κ2) is 6.79. The Balaban J connectivity index is 1.72. The number of aryl methyl sites for hydroxylation is 1. The van der Waals surface area contributed by atoms with Crippen LogP contribution < -0.4 is 5.56 Å². The zero-order valence-electron chi connectivity index (χ0n) is 12.4. The van der Waals surface area contributed by atoms with Gasteiger partial charge in [0, 0.05) is 11.8 Å². The summed E-state index contributed by atoms with van der Waals surface area (Å²) in [5.74, 6) is 1.53. The number of hydrogen-bond donors (Lipinski definition) is 2. The lowest BCUT2D eigenvalue weighted by Gasteiger charge is -2.02. The lowest BCUT2D eigenvalue weighted by atomic mass is 10.2. The summed E-state index contributed by atoms with van der Waals surface area (Å²) >= 11 is 1.49. The van der Waals surface area contributed by atoms with Gasteiger partial charge in [0.05, 0.1) is 16.8 Å². The molecule has 0 aliphatic heterocycles. The molecule has 0 bridgehead atoms. The van der Waals surface area contributed by atoms with Crippen LogP contribution in [-0.2, 0) is 12.2 Å². The zero-order valence-corrected chi connectivity index (χ0v) is 13.2. The van der Waals surface area contributed by atoms with Crippen molar-refractivity contribution in [3.8, 4) is 0 Å². The molecule has 0 spiro atoms. The number of nitrogens with one attached hydrogen (secondary N) is 2. The highest BCUT2D eigenvalue weighted by atomic mass is 32.2. The van der Waals surface area contributed by atoms with Crippen molar-refractivity contribution >= 4 is 22.8 Å². The van der Waals surface area contributed by atoms with Crippen LogP contribution in [0.5, 0.6) is 0 Å². The van der Waals surface area contributed by atoms with Crippen LogP contribution in [0.4, 0.5) is 0 Å². The summed E-state index contributed by atoms with van der Waals surface area (Å²) in [5, 5.41) is 0.652. The average Bonchev–Trinajstić information content (AvgIpc) is 2.93. The minimum atomic E-state index is -0.0896. The van der Waals surface area contributed by atoms with Crippen molar-refractivity contribution in [3.05, 3.63) is 52.2 Å². The molecule has 22 heavy (non-hydrogen) atoms. The van der Waals surface area contributed by atoms with E-state index >= 15 is 0 Å². The lowest BCUT2D eigenvalue weighted by Crippen LogP contribution is -2.10. The van der Waals surface area contributed by atoms with Crippen molar-refractivity contribution in [3.63, 3.8) is 0 Å². The predicted octanol–water partition coefficient (Wildman–Crippen LogP) is 3.28. The van der Waals surface area contributed by atoms with Crippen LogP contribution in [0.1, 0.15) is 31.3 Å². The average molecular weight is 314 g/mol. The van der Waals surface area contributed by atoms with Crippen molar-refractivity contribution in [2.75, 3.05) is 0 Å². The molecule has 5 nitrogen and oxygen atoms in total. The highest BCUT2D eigenvalue weighted by molar-refractivity contribution is 7.98. The molecule has 0 fully saturated rings. The number of hydrogen-bond acceptors (Lipinski definition) is 4. The van der Waals surface area contributed by atoms with Crippen LogP contribution in [0.3, 0.4) is 0 Å². The Morgan fingerprint density at radius 3 is 2.86 bits per heavy atom. The number of aromatic nitrogens is 4. The van der Waals surface area contributed by atoms with Gasteiger partial charge in [-0.1, -0.05) is 37.2 Å². The van der Waals surface area contributed by atoms with Gasteiger partial charge in [-0.05, 0) is 25.0 Å². The number of nitrogens with zero attached hydrogens (tertiary/aromatic N) is 2. The molecule has 2 heterocycles. The number of aromatic amines is 2. The Kier molecular flexibility index (Phi) is 4.58. The maximum absolute atomic E-state index is 11.7. The Labute approximate surface area is 132 Å². The van der Waals surface area contributed by atoms with Gasteiger partial charge in [-0.3, -0.25) is 4.79 Å². The molecule has 0 saturated heterocycles. The maximum atomic E-state index is 11.7. The van der Waals surface area contributed by atoms with E-state index in [9.17, 15) is 4.79 Å². The van der Waals surface area contributed by atoms with E-state index in [-0.39, 0.29) is 5.56 Å². The Hall–Kier alpha value is -2.08. The molecule has 114 valence electrons. The predicted molar refractivity (Wildman–Crippen MR) is 89.1 cm³/mol. The normalized spacial score (nSPS) is 11.1. The minimum Gasteiger partial charge on any atom is -0.341 e. The van der Waals surface area contributed by atoms with Crippen molar-refractivity contribution in [1.29, 1.82) is 0 Å². The van der Waals surface area contributed by atoms with Crippen molar-refractivity contribution < 1.29 is 0 Å². The molecule has 0 unspecified atom stereocenters. The molecule has 0 aliphatic rings. The van der Waals surface area contributed by atoms with Gasteiger partial charge in [0.1, 0.15) is 5.82 Å². The molecule has 6 heteroatoms. The molecule has 3 rings (SSSR count). The van der Waals surface area contributed by atoms with Gasteiger partial charge in [-0.25, -0.2) is 9.97 Å². The molecule has 3 aromatic rings. The number of fused-ring (bicyclic) bond motifs is 1. The Morgan fingerprint density at radius 2 is 2.05 bits per heavy atom. The number of para-hydroxylation sites is 2. The van der Waals surface area contributed by atoms with E-state index in [1.54, 1.807) is 6.07 Å². The van der Waals surface area contributed by atoms with Crippen LogP contribution in [0, 0.1) is 0 Å². The Bertz CT molecular complexity index is 791. The first kappa shape index (κ1) is 14.8. The number of imidazole rings is 1. The molecule has 0 radical (unpaired) electrons. The number of benzene rings is 1. The first-order valence-corrected chi connectivity index (χ1v) is 8.40. The summed E-state index contributed by atoms with van der Waals surface area (Å²) in [6, 6.07) is 9.51. The highest BCUT2D eigenvalue weighted by Gasteiger charge is 2.06. The number of rotatable bonds is 6. The van der Waals surface area contributed by atoms with E-state index in [1.165, 1.54) is 11.8 Å². The molecule has 2 aromatic heterocycles. The third-order valence-electron chi connectivity index (χ3n) is 3.34. The summed E-state index contributed by atoms with van der Waals surface area (Å²) < 4.78 is 0. The second-order valence-corrected chi connectivity index (χ2v) is 6.10. The fourth-order valence-electron chi connectivity index (χ4n) is 2.25. The van der Waals surface area contributed by atoms with E-state index < -0.39 is 0 Å². The van der Waals surface area contributed by atoms with E-state index in [2.05, 4.69) is 26.9 Å². The van der Waals surface area contributed by atoms with Gasteiger partial charge >= 0.3 is 0 Å². The topological polar surface area (TPSA) is 74.4 Å². The van der Waals surface area contributed by atoms with Gasteiger partial charge in [0.25, 0.3) is 5.56 Å². The summed E-state index contributed by atoms with van der Waals surface area (Å²) in [6.07, 6.45) is 2.98. The van der Waals surface area contributed by atoms with Gasteiger partial charge < -0.3 is 9.97 Å². The van der Waals surface area contributed by atoms with Gasteiger partial charge in [0.2, 0.25) is 0 Å². The molecule has 1 aromatic carbocycles. The monoisotopic (exact) mass is 314 g/mol. The lowest BCUT2D eigenvalue weighted by molar-refractivity contribution is 0.751. The van der Waals surface area contributed by atoms with Crippen LogP contribution in [0.2, 0.25) is 0 Å². The van der Waals surface area contributed by atoms with Gasteiger partial charge in [0.15, 0.2) is 5.16 Å². The van der Waals surface area contributed by atoms with Crippen LogP contribution in [0.15, 0.2) is 40.3 Å². The molecule has 0 aliphatic carbocycles. The van der Waals surface area contributed by atoms with Gasteiger partial charge in [-0.15, -0.1) is 0 Å². The molecule has 0 amide bonds. The minimum absolute atomic E-state index is 0.0896. The van der Waals surface area contributed by atoms with Gasteiger partial charge in [-0.2, -0.15) is 0 Å². The van der Waals surface area contributed by atoms with Crippen LogP contribution in [-0.4, -0.2) is 19.9 Å². The third kappa shape index (κ3) is 3.57. The van der Waals surface area contributed by atoms with E-state index in [0.717, 1.165) is 41.8 Å². The van der Waals surface area contributed by atoms with E-state index in [0.29, 0.717) is 10.9 Å². The smallest absolute Gasteiger partial charge is 0.251 e. The van der Waals surface area contributed by atoms with E-state index in [1.807, 2.05) is 24.3 Å². The fraction of sp³-hybridized carbons (Fsp3) is 0.312. The van der Waals surface area contributed by atoms with Crippen LogP contribution in [0.25, 0.3) is 11.0 Å². The molecule has 0 atom stereocenters.